The van der Waals surface area contributed by atoms with Gasteiger partial charge < -0.3 is 10.2 Å². The summed E-state index contributed by atoms with van der Waals surface area (Å²) in [5, 5.41) is 3.47. The van der Waals surface area contributed by atoms with Crippen molar-refractivity contribution in [2.45, 2.75) is 24.8 Å². The molecule has 0 bridgehead atoms. The van der Waals surface area contributed by atoms with Crippen LogP contribution in [-0.2, 0) is 0 Å². The van der Waals surface area contributed by atoms with Crippen LogP contribution in [0.2, 0.25) is 0 Å². The van der Waals surface area contributed by atoms with Crippen molar-refractivity contribution in [1.82, 2.24) is 10.2 Å². The van der Waals surface area contributed by atoms with E-state index in [9.17, 15) is 0 Å². The summed E-state index contributed by atoms with van der Waals surface area (Å²) < 4.78 is 0. The smallest absolute Gasteiger partial charge is 0.0368 e. The third-order valence-corrected chi connectivity index (χ3v) is 3.39. The largest absolute Gasteiger partial charge is 0.315 e. The van der Waals surface area contributed by atoms with Crippen molar-refractivity contribution in [2.75, 3.05) is 27.2 Å². The summed E-state index contributed by atoms with van der Waals surface area (Å²) in [6.45, 7) is 2.43. The van der Waals surface area contributed by atoms with E-state index in [2.05, 4.69) is 24.3 Å². The zero-order valence-electron chi connectivity index (χ0n) is 7.56. The Morgan fingerprint density at radius 3 is 2.45 bits per heavy atom. The van der Waals surface area contributed by atoms with Crippen molar-refractivity contribution in [3.8, 4) is 0 Å². The molecule has 1 atom stereocenters. The van der Waals surface area contributed by atoms with E-state index in [1.807, 2.05) is 0 Å². The number of nitrogens with zero attached hydrogens (tertiary/aromatic N) is 1. The van der Waals surface area contributed by atoms with Gasteiger partial charge >= 0.3 is 0 Å². The zero-order chi connectivity index (χ0) is 7.90. The van der Waals surface area contributed by atoms with E-state index < -0.39 is 0 Å². The van der Waals surface area contributed by atoms with Crippen LogP contribution in [0.5, 0.6) is 0 Å². The first-order valence-corrected chi connectivity index (χ1v) is 4.64. The van der Waals surface area contributed by atoms with Gasteiger partial charge in [-0.3, -0.25) is 0 Å². The summed E-state index contributed by atoms with van der Waals surface area (Å²) in [6.07, 6.45) is 4.27. The van der Waals surface area contributed by atoms with Gasteiger partial charge in [-0.2, -0.15) is 0 Å². The molecule has 0 aromatic carbocycles. The predicted molar refractivity (Wildman–Crippen MR) is 46.6 cm³/mol. The molecule has 2 aliphatic rings. The first-order valence-electron chi connectivity index (χ1n) is 4.64. The summed E-state index contributed by atoms with van der Waals surface area (Å²) in [6, 6.07) is 0. The van der Waals surface area contributed by atoms with Crippen molar-refractivity contribution in [3.63, 3.8) is 0 Å². The lowest BCUT2D eigenvalue weighted by Crippen LogP contribution is -2.48. The van der Waals surface area contributed by atoms with Crippen molar-refractivity contribution >= 4 is 0 Å². The highest BCUT2D eigenvalue weighted by Crippen LogP contribution is 2.45. The maximum absolute atomic E-state index is 3.47. The topological polar surface area (TPSA) is 15.3 Å². The Morgan fingerprint density at radius 2 is 2.09 bits per heavy atom. The average molecular weight is 154 g/mol. The summed E-state index contributed by atoms with van der Waals surface area (Å²) in [4.78, 5) is 2.44. The van der Waals surface area contributed by atoms with Gasteiger partial charge in [0, 0.05) is 12.1 Å². The lowest BCUT2D eigenvalue weighted by molar-refractivity contribution is 0.145. The Kier molecular flexibility index (Phi) is 1.69. The van der Waals surface area contributed by atoms with Crippen molar-refractivity contribution in [1.29, 1.82) is 0 Å². The SMILES string of the molecule is CN(C)C1(C2CC2)CCNC1. The van der Waals surface area contributed by atoms with Gasteiger partial charge in [0.15, 0.2) is 0 Å². The molecule has 0 radical (unpaired) electrons. The molecule has 0 amide bonds. The van der Waals surface area contributed by atoms with Gasteiger partial charge in [-0.25, -0.2) is 0 Å². The molecule has 64 valence electrons. The molecule has 1 saturated heterocycles. The molecule has 1 heterocycles. The van der Waals surface area contributed by atoms with Gasteiger partial charge in [0.2, 0.25) is 0 Å². The predicted octanol–water partition coefficient (Wildman–Crippen LogP) is 0.690. The van der Waals surface area contributed by atoms with Crippen LogP contribution in [0.25, 0.3) is 0 Å². The molecule has 2 fully saturated rings. The summed E-state index contributed by atoms with van der Waals surface area (Å²) in [5.41, 5.74) is 0.528. The fourth-order valence-electron chi connectivity index (χ4n) is 2.41. The Morgan fingerprint density at radius 1 is 1.36 bits per heavy atom. The van der Waals surface area contributed by atoms with Crippen LogP contribution < -0.4 is 5.32 Å². The highest BCUT2D eigenvalue weighted by atomic mass is 15.2. The maximum atomic E-state index is 3.47. The van der Waals surface area contributed by atoms with E-state index in [0.29, 0.717) is 5.54 Å². The van der Waals surface area contributed by atoms with Gasteiger partial charge in [-0.1, -0.05) is 0 Å². The number of likely N-dealkylation sites (N-methyl/N-ethyl adjacent to an activating group) is 1. The zero-order valence-corrected chi connectivity index (χ0v) is 7.56. The number of hydrogen-bond acceptors (Lipinski definition) is 2. The van der Waals surface area contributed by atoms with Crippen LogP contribution in [0, 0.1) is 5.92 Å². The van der Waals surface area contributed by atoms with E-state index in [1.54, 1.807) is 0 Å². The standard InChI is InChI=1S/C9H18N2/c1-11(2)9(8-3-4-8)5-6-10-7-9/h8,10H,3-7H2,1-2H3. The van der Waals surface area contributed by atoms with E-state index >= 15 is 0 Å². The first kappa shape index (κ1) is 7.56. The van der Waals surface area contributed by atoms with Crippen LogP contribution >= 0.6 is 0 Å². The fraction of sp³-hybridized carbons (Fsp3) is 1.00. The van der Waals surface area contributed by atoms with E-state index in [0.717, 1.165) is 5.92 Å². The van der Waals surface area contributed by atoms with Crippen LogP contribution in [0.1, 0.15) is 19.3 Å². The fourth-order valence-corrected chi connectivity index (χ4v) is 2.41. The molecule has 2 rings (SSSR count). The molecule has 1 unspecified atom stereocenters. The molecule has 2 nitrogen and oxygen atoms in total. The number of nitrogens with one attached hydrogen (secondary N) is 1. The van der Waals surface area contributed by atoms with Crippen molar-refractivity contribution in [3.05, 3.63) is 0 Å². The van der Waals surface area contributed by atoms with Crippen LogP contribution in [-0.4, -0.2) is 37.6 Å². The van der Waals surface area contributed by atoms with Crippen LogP contribution in [0.3, 0.4) is 0 Å². The summed E-state index contributed by atoms with van der Waals surface area (Å²) in [5.74, 6) is 0.993. The molecule has 1 N–H and O–H groups in total. The lowest BCUT2D eigenvalue weighted by atomic mass is 9.91. The van der Waals surface area contributed by atoms with Gasteiger partial charge in [-0.05, 0) is 45.8 Å². The van der Waals surface area contributed by atoms with E-state index in [-0.39, 0.29) is 0 Å². The third-order valence-electron chi connectivity index (χ3n) is 3.39. The highest BCUT2D eigenvalue weighted by molar-refractivity contribution is 5.05. The van der Waals surface area contributed by atoms with Crippen LogP contribution in [0.15, 0.2) is 0 Å². The molecule has 2 heteroatoms. The van der Waals surface area contributed by atoms with Gasteiger partial charge in [0.05, 0.1) is 0 Å². The molecule has 1 aliphatic carbocycles. The molecular weight excluding hydrogens is 136 g/mol. The maximum Gasteiger partial charge on any atom is 0.0368 e. The minimum Gasteiger partial charge on any atom is -0.315 e. The monoisotopic (exact) mass is 154 g/mol. The second-order valence-electron chi connectivity index (χ2n) is 4.20. The molecule has 1 aliphatic heterocycles. The molecular formula is C9H18N2. The molecule has 1 saturated carbocycles. The molecule has 0 aromatic heterocycles. The normalized spacial score (nSPS) is 38.5. The second-order valence-corrected chi connectivity index (χ2v) is 4.20. The average Bonchev–Trinajstić information content (AvgIpc) is 2.69. The third kappa shape index (κ3) is 1.09. The first-order chi connectivity index (χ1) is 5.26. The quantitative estimate of drug-likeness (QED) is 0.629. The van der Waals surface area contributed by atoms with E-state index in [1.165, 1.54) is 32.4 Å². The summed E-state index contributed by atoms with van der Waals surface area (Å²) >= 11 is 0. The Labute approximate surface area is 69.0 Å². The van der Waals surface area contributed by atoms with Gasteiger partial charge in [0.25, 0.3) is 0 Å². The molecule has 0 aromatic rings. The van der Waals surface area contributed by atoms with Gasteiger partial charge in [0.1, 0.15) is 0 Å². The van der Waals surface area contributed by atoms with Crippen LogP contribution in [0.4, 0.5) is 0 Å². The number of hydrogen-bond donors (Lipinski definition) is 1. The molecule has 11 heavy (non-hydrogen) atoms. The Bertz CT molecular complexity index is 140. The minimum atomic E-state index is 0.528. The van der Waals surface area contributed by atoms with E-state index in [4.69, 9.17) is 0 Å². The molecule has 0 spiro atoms. The highest BCUT2D eigenvalue weighted by Gasteiger charge is 2.48. The second kappa shape index (κ2) is 2.46. The summed E-state index contributed by atoms with van der Waals surface area (Å²) in [7, 11) is 4.46. The minimum absolute atomic E-state index is 0.528. The Hall–Kier alpha value is -0.0800. The van der Waals surface area contributed by atoms with Gasteiger partial charge in [-0.15, -0.1) is 0 Å². The van der Waals surface area contributed by atoms with Crippen molar-refractivity contribution < 1.29 is 0 Å². The number of rotatable bonds is 2. The Balaban J connectivity index is 2.11. The lowest BCUT2D eigenvalue weighted by Gasteiger charge is -2.35. The van der Waals surface area contributed by atoms with Crippen molar-refractivity contribution in [2.24, 2.45) is 5.92 Å².